The van der Waals surface area contributed by atoms with Gasteiger partial charge in [-0.15, -0.1) is 5.10 Å². The van der Waals surface area contributed by atoms with Crippen LogP contribution in [0.5, 0.6) is 0 Å². The van der Waals surface area contributed by atoms with Crippen molar-refractivity contribution < 1.29 is 0 Å². The van der Waals surface area contributed by atoms with Gasteiger partial charge >= 0.3 is 5.69 Å². The molecule has 0 aliphatic rings. The van der Waals surface area contributed by atoms with Crippen molar-refractivity contribution in [2.45, 2.75) is 13.5 Å². The Bertz CT molecular complexity index is 471. The van der Waals surface area contributed by atoms with Crippen LogP contribution in [0, 0.1) is 0 Å². The van der Waals surface area contributed by atoms with Gasteiger partial charge in [0.1, 0.15) is 0 Å². The Kier molecular flexibility index (Phi) is 2.14. The summed E-state index contributed by atoms with van der Waals surface area (Å²) in [5, 5.41) is 4.11. The molecule has 0 saturated heterocycles. The predicted octanol–water partition coefficient (Wildman–Crippen LogP) is 0.653. The summed E-state index contributed by atoms with van der Waals surface area (Å²) in [4.78, 5) is 17.9. The van der Waals surface area contributed by atoms with Crippen LogP contribution in [0.3, 0.4) is 0 Å². The molecule has 72 valence electrons. The molecule has 2 rings (SSSR count). The lowest BCUT2D eigenvalue weighted by atomic mass is 10.3. The summed E-state index contributed by atoms with van der Waals surface area (Å²) >= 11 is 0. The summed E-state index contributed by atoms with van der Waals surface area (Å²) in [7, 11) is 0. The highest BCUT2D eigenvalue weighted by molar-refractivity contribution is 5.51. The van der Waals surface area contributed by atoms with Crippen LogP contribution in [0.4, 0.5) is 0 Å². The first-order valence-electron chi connectivity index (χ1n) is 4.39. The van der Waals surface area contributed by atoms with Crippen LogP contribution >= 0.6 is 0 Å². The topological polar surface area (TPSA) is 63.6 Å². The van der Waals surface area contributed by atoms with Gasteiger partial charge in [-0.1, -0.05) is 0 Å². The van der Waals surface area contributed by atoms with E-state index in [4.69, 9.17) is 0 Å². The first-order chi connectivity index (χ1) is 6.81. The number of aromatic amines is 1. The Balaban J connectivity index is 2.48. The van der Waals surface area contributed by atoms with Crippen molar-refractivity contribution in [2.75, 3.05) is 0 Å². The molecule has 0 unspecified atom stereocenters. The van der Waals surface area contributed by atoms with E-state index < -0.39 is 0 Å². The van der Waals surface area contributed by atoms with Crippen LogP contribution in [0.1, 0.15) is 6.92 Å². The van der Waals surface area contributed by atoms with Crippen molar-refractivity contribution in [1.82, 2.24) is 19.7 Å². The second kappa shape index (κ2) is 3.45. The smallest absolute Gasteiger partial charge is 0.289 e. The average Bonchev–Trinajstić information content (AvgIpc) is 2.61. The van der Waals surface area contributed by atoms with Crippen molar-refractivity contribution in [3.05, 3.63) is 35.0 Å². The number of hydrogen-bond acceptors (Lipinski definition) is 3. The number of nitrogens with zero attached hydrogens (tertiary/aromatic N) is 3. The van der Waals surface area contributed by atoms with E-state index in [1.54, 1.807) is 18.5 Å². The Labute approximate surface area is 80.4 Å². The summed E-state index contributed by atoms with van der Waals surface area (Å²) in [6.45, 7) is 2.44. The van der Waals surface area contributed by atoms with Gasteiger partial charge in [-0.2, -0.15) is 0 Å². The summed E-state index contributed by atoms with van der Waals surface area (Å²) in [6, 6.07) is 3.66. The molecule has 0 aromatic carbocycles. The number of aromatic nitrogens is 4. The monoisotopic (exact) mass is 190 g/mol. The summed E-state index contributed by atoms with van der Waals surface area (Å²) in [6.07, 6.45) is 3.34. The molecule has 0 amide bonds. The molecule has 0 aliphatic carbocycles. The van der Waals surface area contributed by atoms with Crippen molar-refractivity contribution in [1.29, 1.82) is 0 Å². The van der Waals surface area contributed by atoms with Crippen molar-refractivity contribution in [3.8, 4) is 11.4 Å². The van der Waals surface area contributed by atoms with E-state index in [1.807, 2.05) is 13.0 Å². The zero-order chi connectivity index (χ0) is 9.97. The molecule has 14 heavy (non-hydrogen) atoms. The molecule has 5 heteroatoms. The summed E-state index contributed by atoms with van der Waals surface area (Å²) in [5.41, 5.74) is 0.628. The molecule has 2 heterocycles. The molecule has 0 bridgehead atoms. The van der Waals surface area contributed by atoms with E-state index in [0.29, 0.717) is 12.4 Å². The van der Waals surface area contributed by atoms with Crippen LogP contribution < -0.4 is 5.69 Å². The van der Waals surface area contributed by atoms with Crippen LogP contribution in [0.15, 0.2) is 29.3 Å². The highest BCUT2D eigenvalue weighted by Crippen LogP contribution is 2.09. The molecule has 2 aromatic rings. The molecule has 0 atom stereocenters. The Morgan fingerprint density at radius 2 is 2.43 bits per heavy atom. The number of rotatable bonds is 2. The van der Waals surface area contributed by atoms with Crippen LogP contribution in [0.25, 0.3) is 11.4 Å². The maximum absolute atomic E-state index is 11.3. The minimum Gasteiger partial charge on any atom is -0.289 e. The zero-order valence-corrected chi connectivity index (χ0v) is 7.77. The van der Waals surface area contributed by atoms with Gasteiger partial charge in [0.05, 0.1) is 0 Å². The standard InChI is InChI=1S/C9H10N4O/c1-2-13-9(14)11-8(12-13)7-4-3-5-10-6-7/h3-6H,2H2,1H3,(H,11,12,14). The van der Waals surface area contributed by atoms with E-state index in [1.165, 1.54) is 4.68 Å². The largest absolute Gasteiger partial charge is 0.343 e. The van der Waals surface area contributed by atoms with E-state index >= 15 is 0 Å². The van der Waals surface area contributed by atoms with Crippen LogP contribution in [-0.4, -0.2) is 19.7 Å². The molecule has 2 aromatic heterocycles. The number of pyridine rings is 1. The second-order valence-corrected chi connectivity index (χ2v) is 2.84. The Hall–Kier alpha value is -1.91. The van der Waals surface area contributed by atoms with Crippen LogP contribution in [0.2, 0.25) is 0 Å². The lowest BCUT2D eigenvalue weighted by molar-refractivity contribution is 0.635. The van der Waals surface area contributed by atoms with Gasteiger partial charge in [0.25, 0.3) is 0 Å². The fraction of sp³-hybridized carbons (Fsp3) is 0.222. The molecular formula is C9H10N4O. The third-order valence-corrected chi connectivity index (χ3v) is 1.91. The molecular weight excluding hydrogens is 180 g/mol. The van der Waals surface area contributed by atoms with E-state index in [9.17, 15) is 4.79 Å². The van der Waals surface area contributed by atoms with E-state index in [2.05, 4.69) is 15.1 Å². The zero-order valence-electron chi connectivity index (χ0n) is 7.77. The van der Waals surface area contributed by atoms with Crippen molar-refractivity contribution >= 4 is 0 Å². The highest BCUT2D eigenvalue weighted by Gasteiger charge is 2.04. The van der Waals surface area contributed by atoms with Gasteiger partial charge in [0, 0.05) is 24.5 Å². The highest BCUT2D eigenvalue weighted by atomic mass is 16.1. The number of hydrogen-bond donors (Lipinski definition) is 1. The third kappa shape index (κ3) is 1.44. The third-order valence-electron chi connectivity index (χ3n) is 1.91. The lowest BCUT2D eigenvalue weighted by Gasteiger charge is -1.92. The average molecular weight is 190 g/mol. The normalized spacial score (nSPS) is 10.4. The first kappa shape index (κ1) is 8.68. The number of nitrogens with one attached hydrogen (secondary N) is 1. The van der Waals surface area contributed by atoms with Gasteiger partial charge in [-0.25, -0.2) is 9.48 Å². The van der Waals surface area contributed by atoms with Gasteiger partial charge < -0.3 is 0 Å². The second-order valence-electron chi connectivity index (χ2n) is 2.84. The molecule has 5 nitrogen and oxygen atoms in total. The molecule has 0 saturated carbocycles. The summed E-state index contributed by atoms with van der Waals surface area (Å²) < 4.78 is 1.38. The van der Waals surface area contributed by atoms with E-state index in [0.717, 1.165) is 5.56 Å². The molecule has 1 N–H and O–H groups in total. The fourth-order valence-electron chi connectivity index (χ4n) is 1.20. The quantitative estimate of drug-likeness (QED) is 0.756. The van der Waals surface area contributed by atoms with Crippen LogP contribution in [-0.2, 0) is 6.54 Å². The SMILES string of the molecule is CCn1nc(-c2cccnc2)[nH]c1=O. The molecule has 0 radical (unpaired) electrons. The Morgan fingerprint density at radius 3 is 3.00 bits per heavy atom. The fourth-order valence-corrected chi connectivity index (χ4v) is 1.20. The number of H-pyrrole nitrogens is 1. The summed E-state index contributed by atoms with van der Waals surface area (Å²) in [5.74, 6) is 0.560. The lowest BCUT2D eigenvalue weighted by Crippen LogP contribution is -2.16. The first-order valence-corrected chi connectivity index (χ1v) is 4.39. The predicted molar refractivity (Wildman–Crippen MR) is 51.8 cm³/mol. The molecule has 0 fully saturated rings. The van der Waals surface area contributed by atoms with E-state index in [-0.39, 0.29) is 5.69 Å². The van der Waals surface area contributed by atoms with Crippen molar-refractivity contribution in [2.24, 2.45) is 0 Å². The van der Waals surface area contributed by atoms with Gasteiger partial charge in [0.15, 0.2) is 5.82 Å². The maximum atomic E-state index is 11.3. The van der Waals surface area contributed by atoms with Gasteiger partial charge in [-0.3, -0.25) is 9.97 Å². The minimum absolute atomic E-state index is 0.189. The number of aryl methyl sites for hydroxylation is 1. The van der Waals surface area contributed by atoms with Crippen molar-refractivity contribution in [3.63, 3.8) is 0 Å². The molecule has 0 aliphatic heterocycles. The minimum atomic E-state index is -0.189. The molecule has 0 spiro atoms. The Morgan fingerprint density at radius 1 is 1.57 bits per heavy atom. The van der Waals surface area contributed by atoms with Gasteiger partial charge in [0.2, 0.25) is 0 Å². The maximum Gasteiger partial charge on any atom is 0.343 e. The van der Waals surface area contributed by atoms with Gasteiger partial charge in [-0.05, 0) is 19.1 Å².